The maximum atomic E-state index is 2.36. The first-order valence-corrected chi connectivity index (χ1v) is 6.85. The molecule has 0 N–H and O–H groups in total. The van der Waals surface area contributed by atoms with Crippen molar-refractivity contribution in [1.29, 1.82) is 0 Å². The molecule has 0 bridgehead atoms. The molecule has 15 heavy (non-hydrogen) atoms. The monoisotopic (exact) mass is 234 g/mol. The number of thiophene rings is 2. The van der Waals surface area contributed by atoms with Crippen LogP contribution in [0.2, 0.25) is 0 Å². The zero-order valence-corrected chi connectivity index (χ0v) is 11.1. The number of rotatable bonds is 0. The van der Waals surface area contributed by atoms with Gasteiger partial charge in [-0.3, -0.25) is 0 Å². The summed E-state index contributed by atoms with van der Waals surface area (Å²) < 4.78 is 0. The Bertz CT molecular complexity index is 493. The molecule has 2 aromatic heterocycles. The van der Waals surface area contributed by atoms with Crippen LogP contribution in [0.3, 0.4) is 0 Å². The molecule has 0 nitrogen and oxygen atoms in total. The van der Waals surface area contributed by atoms with Gasteiger partial charge in [-0.2, -0.15) is 0 Å². The van der Waals surface area contributed by atoms with Crippen molar-refractivity contribution in [2.45, 2.75) is 33.1 Å². The molecular formula is C13H14S2. The molecule has 0 saturated carbocycles. The van der Waals surface area contributed by atoms with Crippen LogP contribution in [-0.2, 0) is 5.41 Å². The fourth-order valence-electron chi connectivity index (χ4n) is 2.44. The third-order valence-electron chi connectivity index (χ3n) is 3.26. The molecule has 0 atom stereocenters. The Labute approximate surface area is 98.6 Å². The molecule has 2 heteroatoms. The fourth-order valence-corrected chi connectivity index (χ4v) is 4.94. The summed E-state index contributed by atoms with van der Waals surface area (Å²) in [5, 5.41) is 0. The number of hydrogen-bond donors (Lipinski definition) is 0. The molecule has 0 radical (unpaired) electrons. The molecule has 1 aliphatic rings. The first-order valence-electron chi connectivity index (χ1n) is 5.22. The van der Waals surface area contributed by atoms with Gasteiger partial charge >= 0.3 is 0 Å². The molecule has 1 aliphatic carbocycles. The molecule has 0 fully saturated rings. The van der Waals surface area contributed by atoms with Crippen LogP contribution in [-0.4, -0.2) is 0 Å². The average Bonchev–Trinajstić information content (AvgIpc) is 2.72. The predicted molar refractivity (Wildman–Crippen MR) is 69.2 cm³/mol. The van der Waals surface area contributed by atoms with E-state index in [0.29, 0.717) is 0 Å². The van der Waals surface area contributed by atoms with E-state index < -0.39 is 0 Å². The van der Waals surface area contributed by atoms with Crippen molar-refractivity contribution in [3.8, 4) is 9.75 Å². The van der Waals surface area contributed by atoms with E-state index in [9.17, 15) is 0 Å². The van der Waals surface area contributed by atoms with Gasteiger partial charge < -0.3 is 0 Å². The van der Waals surface area contributed by atoms with Crippen molar-refractivity contribution in [2.24, 2.45) is 0 Å². The van der Waals surface area contributed by atoms with Crippen LogP contribution in [0.5, 0.6) is 0 Å². The molecule has 0 aliphatic heterocycles. The van der Waals surface area contributed by atoms with Gasteiger partial charge in [0.25, 0.3) is 0 Å². The molecule has 0 spiro atoms. The molecule has 0 aromatic carbocycles. The first kappa shape index (κ1) is 9.61. The summed E-state index contributed by atoms with van der Waals surface area (Å²) in [6.07, 6.45) is 0. The Hall–Kier alpha value is -0.600. The van der Waals surface area contributed by atoms with Gasteiger partial charge in [0.05, 0.1) is 0 Å². The molecule has 2 aromatic rings. The van der Waals surface area contributed by atoms with Gasteiger partial charge in [-0.15, -0.1) is 22.7 Å². The Balaban J connectivity index is 2.38. The number of aryl methyl sites for hydroxylation is 2. The quantitative estimate of drug-likeness (QED) is 0.618. The summed E-state index contributed by atoms with van der Waals surface area (Å²) in [6.45, 7) is 9.10. The van der Waals surface area contributed by atoms with E-state index >= 15 is 0 Å². The van der Waals surface area contributed by atoms with Gasteiger partial charge in [0.1, 0.15) is 0 Å². The summed E-state index contributed by atoms with van der Waals surface area (Å²) in [6, 6.07) is 4.73. The second-order valence-electron chi connectivity index (χ2n) is 4.82. The van der Waals surface area contributed by atoms with Gasteiger partial charge in [-0.1, -0.05) is 13.8 Å². The highest BCUT2D eigenvalue weighted by atomic mass is 32.1. The first-order chi connectivity index (χ1) is 7.00. The van der Waals surface area contributed by atoms with Crippen molar-refractivity contribution in [3.63, 3.8) is 0 Å². The number of fused-ring (bicyclic) bond motifs is 3. The fraction of sp³-hybridized carbons (Fsp3) is 0.385. The lowest BCUT2D eigenvalue weighted by Gasteiger charge is -2.18. The van der Waals surface area contributed by atoms with Crippen molar-refractivity contribution in [1.82, 2.24) is 0 Å². The molecule has 78 valence electrons. The lowest BCUT2D eigenvalue weighted by Crippen LogP contribution is -2.13. The number of hydrogen-bond acceptors (Lipinski definition) is 2. The Kier molecular flexibility index (Phi) is 1.76. The lowest BCUT2D eigenvalue weighted by atomic mass is 9.84. The van der Waals surface area contributed by atoms with Gasteiger partial charge in [0, 0.05) is 24.9 Å². The minimum absolute atomic E-state index is 0.222. The van der Waals surface area contributed by atoms with Crippen LogP contribution in [0.25, 0.3) is 9.75 Å². The van der Waals surface area contributed by atoms with Crippen LogP contribution in [0.1, 0.15) is 34.7 Å². The van der Waals surface area contributed by atoms with Crippen molar-refractivity contribution in [2.75, 3.05) is 0 Å². The summed E-state index contributed by atoms with van der Waals surface area (Å²) in [7, 11) is 0. The smallest absolute Gasteiger partial charge is 0.0489 e. The van der Waals surface area contributed by atoms with Crippen molar-refractivity contribution in [3.05, 3.63) is 33.0 Å². The maximum absolute atomic E-state index is 2.36. The lowest BCUT2D eigenvalue weighted by molar-refractivity contribution is 0.662. The molecule has 0 amide bonds. The molecule has 0 saturated heterocycles. The second-order valence-corrected chi connectivity index (χ2v) is 7.34. The predicted octanol–water partition coefficient (Wildman–Crippen LogP) is 4.73. The summed E-state index contributed by atoms with van der Waals surface area (Å²) >= 11 is 3.89. The zero-order chi connectivity index (χ0) is 10.8. The van der Waals surface area contributed by atoms with E-state index in [2.05, 4.69) is 39.8 Å². The molecule has 0 unspecified atom stereocenters. The van der Waals surface area contributed by atoms with Gasteiger partial charge in [0.15, 0.2) is 0 Å². The maximum Gasteiger partial charge on any atom is 0.0489 e. The van der Waals surface area contributed by atoms with Crippen LogP contribution in [0, 0.1) is 13.8 Å². The highest BCUT2D eigenvalue weighted by Gasteiger charge is 2.38. The SMILES string of the molecule is Cc1cc2c(s1)-c1sc(C)cc1C2(C)C. The molecule has 2 heterocycles. The van der Waals surface area contributed by atoms with E-state index in [1.165, 1.54) is 30.6 Å². The third-order valence-corrected chi connectivity index (χ3v) is 5.53. The topological polar surface area (TPSA) is 0 Å². The highest BCUT2D eigenvalue weighted by molar-refractivity contribution is 7.22. The Morgan fingerprint density at radius 1 is 0.867 bits per heavy atom. The summed E-state index contributed by atoms with van der Waals surface area (Å²) in [5.41, 5.74) is 3.29. The van der Waals surface area contributed by atoms with Crippen molar-refractivity contribution >= 4 is 22.7 Å². The Morgan fingerprint density at radius 2 is 1.27 bits per heavy atom. The molecule has 3 rings (SSSR count). The van der Waals surface area contributed by atoms with Gasteiger partial charge in [-0.25, -0.2) is 0 Å². The summed E-state index contributed by atoms with van der Waals surface area (Å²) in [5.74, 6) is 0. The highest BCUT2D eigenvalue weighted by Crippen LogP contribution is 2.55. The van der Waals surface area contributed by atoms with E-state index in [4.69, 9.17) is 0 Å². The van der Waals surface area contributed by atoms with Crippen LogP contribution < -0.4 is 0 Å². The van der Waals surface area contributed by atoms with Crippen LogP contribution >= 0.6 is 22.7 Å². The minimum atomic E-state index is 0.222. The molecular weight excluding hydrogens is 220 g/mol. The average molecular weight is 234 g/mol. The van der Waals surface area contributed by atoms with Crippen molar-refractivity contribution < 1.29 is 0 Å². The van der Waals surface area contributed by atoms with Crippen LogP contribution in [0.15, 0.2) is 12.1 Å². The van der Waals surface area contributed by atoms with E-state index in [1.807, 2.05) is 22.7 Å². The minimum Gasteiger partial charge on any atom is -0.139 e. The third kappa shape index (κ3) is 1.12. The standard InChI is InChI=1S/C13H14S2/c1-7-5-9-11(14-7)12-10(13(9,3)4)6-8(2)15-12/h5-6H,1-4H3. The van der Waals surface area contributed by atoms with Gasteiger partial charge in [-0.05, 0) is 37.1 Å². The van der Waals surface area contributed by atoms with Gasteiger partial charge in [0.2, 0.25) is 0 Å². The second kappa shape index (κ2) is 2.74. The Morgan fingerprint density at radius 3 is 1.67 bits per heavy atom. The van der Waals surface area contributed by atoms with E-state index in [-0.39, 0.29) is 5.41 Å². The van der Waals surface area contributed by atoms with E-state index in [1.54, 1.807) is 0 Å². The summed E-state index contributed by atoms with van der Waals surface area (Å²) in [4.78, 5) is 5.91. The normalized spacial score (nSPS) is 16.5. The van der Waals surface area contributed by atoms with Crippen LogP contribution in [0.4, 0.5) is 0 Å². The van der Waals surface area contributed by atoms with E-state index in [0.717, 1.165) is 0 Å². The zero-order valence-electron chi connectivity index (χ0n) is 9.47. The largest absolute Gasteiger partial charge is 0.139 e.